The average Bonchev–Trinajstić information content (AvgIpc) is 2.97. The molecule has 0 amide bonds. The van der Waals surface area contributed by atoms with Crippen LogP contribution in [0.25, 0.3) is 20.8 Å². The Morgan fingerprint density at radius 3 is 2.91 bits per heavy atom. The van der Waals surface area contributed by atoms with E-state index >= 15 is 0 Å². The summed E-state index contributed by atoms with van der Waals surface area (Å²) in [4.78, 5) is 11.4. The molecule has 0 saturated carbocycles. The number of nitrogens with zero attached hydrogens (tertiary/aromatic N) is 3. The summed E-state index contributed by atoms with van der Waals surface area (Å²) in [6, 6.07) is 5.51. The Bertz CT molecular complexity index is 876. The number of hydrogen-bond donors (Lipinski definition) is 1. The zero-order chi connectivity index (χ0) is 15.9. The highest BCUT2D eigenvalue weighted by Gasteiger charge is 2.19. The molecule has 3 rings (SSSR count). The van der Waals surface area contributed by atoms with Gasteiger partial charge in [0.25, 0.3) is 0 Å². The second kappa shape index (κ2) is 6.08. The molecular weight excluding hydrogens is 365 g/mol. The van der Waals surface area contributed by atoms with Crippen LogP contribution in [0, 0.1) is 0 Å². The van der Waals surface area contributed by atoms with Gasteiger partial charge >= 0.3 is 5.97 Å². The van der Waals surface area contributed by atoms with Crippen molar-refractivity contribution in [2.75, 3.05) is 5.75 Å². The Hall–Kier alpha value is -1.28. The molecule has 2 heterocycles. The molecule has 0 spiro atoms. The van der Waals surface area contributed by atoms with Crippen molar-refractivity contribution in [3.63, 3.8) is 0 Å². The normalized spacial score (nSPS) is 11.2. The predicted octanol–water partition coefficient (Wildman–Crippen LogP) is 4.18. The zero-order valence-corrected chi connectivity index (χ0v) is 14.4. The van der Waals surface area contributed by atoms with Crippen LogP contribution >= 0.6 is 46.3 Å². The number of benzene rings is 1. The fourth-order valence-corrected chi connectivity index (χ4v) is 4.39. The number of fused-ring (bicyclic) bond motifs is 1. The summed E-state index contributed by atoms with van der Waals surface area (Å²) in [7, 11) is 1.78. The van der Waals surface area contributed by atoms with Gasteiger partial charge in [-0.15, -0.1) is 21.5 Å². The standard InChI is InChI=1S/C13H9Cl2N3O2S2/c1-18-12(16-17-13(18)21-5-9(19)20)11-10(15)7-3-2-6(14)4-8(7)22-11/h2-4H,5H2,1H3,(H,19,20). The first-order valence-electron chi connectivity index (χ1n) is 6.09. The van der Waals surface area contributed by atoms with Gasteiger partial charge in [-0.05, 0) is 12.1 Å². The molecule has 1 aromatic carbocycles. The van der Waals surface area contributed by atoms with Crippen molar-refractivity contribution in [3.05, 3.63) is 28.2 Å². The molecule has 9 heteroatoms. The maximum Gasteiger partial charge on any atom is 0.313 e. The fourth-order valence-electron chi connectivity index (χ4n) is 1.95. The summed E-state index contributed by atoms with van der Waals surface area (Å²) in [6.07, 6.45) is 0. The van der Waals surface area contributed by atoms with Crippen molar-refractivity contribution < 1.29 is 9.90 Å². The summed E-state index contributed by atoms with van der Waals surface area (Å²) in [5, 5.41) is 19.6. The number of hydrogen-bond acceptors (Lipinski definition) is 5. The first kappa shape index (κ1) is 15.6. The average molecular weight is 374 g/mol. The van der Waals surface area contributed by atoms with Crippen molar-refractivity contribution in [1.82, 2.24) is 14.8 Å². The lowest BCUT2D eigenvalue weighted by Crippen LogP contribution is -2.00. The van der Waals surface area contributed by atoms with Crippen LogP contribution in [0.2, 0.25) is 10.0 Å². The van der Waals surface area contributed by atoms with Gasteiger partial charge in [-0.2, -0.15) is 0 Å². The lowest BCUT2D eigenvalue weighted by Gasteiger charge is -2.01. The number of carboxylic acid groups (broad SMARTS) is 1. The van der Waals surface area contributed by atoms with E-state index in [0.29, 0.717) is 21.0 Å². The smallest absolute Gasteiger partial charge is 0.313 e. The van der Waals surface area contributed by atoms with Crippen molar-refractivity contribution >= 4 is 62.4 Å². The zero-order valence-electron chi connectivity index (χ0n) is 11.2. The van der Waals surface area contributed by atoms with Gasteiger partial charge in [0.15, 0.2) is 11.0 Å². The van der Waals surface area contributed by atoms with E-state index in [1.807, 2.05) is 12.1 Å². The number of aromatic nitrogens is 3. The third-order valence-corrected chi connectivity index (χ3v) is 5.85. The first-order chi connectivity index (χ1) is 10.5. The van der Waals surface area contributed by atoms with Crippen molar-refractivity contribution in [1.29, 1.82) is 0 Å². The number of thiophene rings is 1. The SMILES string of the molecule is Cn1c(SCC(=O)O)nnc1-c1sc2cc(Cl)ccc2c1Cl. The highest BCUT2D eigenvalue weighted by molar-refractivity contribution is 7.99. The molecule has 0 unspecified atom stereocenters. The Morgan fingerprint density at radius 2 is 2.18 bits per heavy atom. The molecule has 3 aromatic rings. The number of carbonyl (C=O) groups is 1. The quantitative estimate of drug-likeness (QED) is 0.694. The topological polar surface area (TPSA) is 68.0 Å². The summed E-state index contributed by atoms with van der Waals surface area (Å²) in [6.45, 7) is 0. The number of rotatable bonds is 4. The highest BCUT2D eigenvalue weighted by Crippen LogP contribution is 2.42. The van der Waals surface area contributed by atoms with E-state index in [9.17, 15) is 4.79 Å². The third kappa shape index (κ3) is 2.81. The molecule has 2 aromatic heterocycles. The van der Waals surface area contributed by atoms with Crippen LogP contribution < -0.4 is 0 Å². The molecule has 0 fully saturated rings. The van der Waals surface area contributed by atoms with Crippen LogP contribution in [0.4, 0.5) is 0 Å². The number of halogens is 2. The van der Waals surface area contributed by atoms with E-state index in [1.54, 1.807) is 17.7 Å². The Balaban J connectivity index is 2.04. The summed E-state index contributed by atoms with van der Waals surface area (Å²) in [5.41, 5.74) is 0. The minimum Gasteiger partial charge on any atom is -0.481 e. The van der Waals surface area contributed by atoms with Crippen LogP contribution in [0.3, 0.4) is 0 Å². The summed E-state index contributed by atoms with van der Waals surface area (Å²) in [5.74, 6) is -0.360. The largest absolute Gasteiger partial charge is 0.481 e. The number of carboxylic acids is 1. The fraction of sp³-hybridized carbons (Fsp3) is 0.154. The van der Waals surface area contributed by atoms with Crippen LogP contribution in [-0.2, 0) is 11.8 Å². The first-order valence-corrected chi connectivity index (χ1v) is 8.65. The number of thioether (sulfide) groups is 1. The van der Waals surface area contributed by atoms with Gasteiger partial charge in [-0.25, -0.2) is 0 Å². The Morgan fingerprint density at radius 1 is 1.41 bits per heavy atom. The van der Waals surface area contributed by atoms with Crippen LogP contribution in [0.15, 0.2) is 23.4 Å². The van der Waals surface area contributed by atoms with E-state index in [2.05, 4.69) is 10.2 Å². The molecule has 0 saturated heterocycles. The predicted molar refractivity (Wildman–Crippen MR) is 90.2 cm³/mol. The summed E-state index contributed by atoms with van der Waals surface area (Å²) >= 11 is 15.0. The van der Waals surface area contributed by atoms with Gasteiger partial charge in [0.1, 0.15) is 0 Å². The van der Waals surface area contributed by atoms with Gasteiger partial charge in [-0.3, -0.25) is 4.79 Å². The molecule has 22 heavy (non-hydrogen) atoms. The van der Waals surface area contributed by atoms with Gasteiger partial charge in [0.2, 0.25) is 0 Å². The second-order valence-electron chi connectivity index (χ2n) is 4.43. The maximum absolute atomic E-state index is 10.7. The lowest BCUT2D eigenvalue weighted by atomic mass is 10.2. The molecule has 0 bridgehead atoms. The molecule has 0 aliphatic rings. The van der Waals surface area contributed by atoms with Crippen LogP contribution in [-0.4, -0.2) is 31.6 Å². The van der Waals surface area contributed by atoms with E-state index in [4.69, 9.17) is 28.3 Å². The minimum absolute atomic E-state index is 0.0677. The molecule has 0 aliphatic carbocycles. The van der Waals surface area contributed by atoms with Gasteiger partial charge < -0.3 is 9.67 Å². The van der Waals surface area contributed by atoms with Crippen LogP contribution in [0.1, 0.15) is 0 Å². The molecule has 1 N–H and O–H groups in total. The van der Waals surface area contributed by atoms with Gasteiger partial charge in [0, 0.05) is 22.2 Å². The van der Waals surface area contributed by atoms with Gasteiger partial charge in [0.05, 0.1) is 15.7 Å². The monoisotopic (exact) mass is 373 g/mol. The van der Waals surface area contributed by atoms with Crippen LogP contribution in [0.5, 0.6) is 0 Å². The molecule has 0 radical (unpaired) electrons. The second-order valence-corrected chi connectivity index (χ2v) is 7.24. The van der Waals surface area contributed by atoms with Gasteiger partial charge in [-0.1, -0.05) is 41.0 Å². The van der Waals surface area contributed by atoms with E-state index in [0.717, 1.165) is 26.7 Å². The number of aliphatic carboxylic acids is 1. The Kier molecular flexibility index (Phi) is 4.31. The molecular formula is C13H9Cl2N3O2S2. The highest BCUT2D eigenvalue weighted by atomic mass is 35.5. The molecule has 5 nitrogen and oxygen atoms in total. The molecule has 0 atom stereocenters. The molecule has 0 aliphatic heterocycles. The van der Waals surface area contributed by atoms with E-state index in [-0.39, 0.29) is 5.75 Å². The van der Waals surface area contributed by atoms with E-state index in [1.165, 1.54) is 11.3 Å². The van der Waals surface area contributed by atoms with Crippen molar-refractivity contribution in [2.45, 2.75) is 5.16 Å². The Labute approximate surface area is 143 Å². The van der Waals surface area contributed by atoms with Crippen molar-refractivity contribution in [3.8, 4) is 10.7 Å². The third-order valence-electron chi connectivity index (χ3n) is 2.95. The van der Waals surface area contributed by atoms with Crippen molar-refractivity contribution in [2.24, 2.45) is 7.05 Å². The summed E-state index contributed by atoms with van der Waals surface area (Å²) < 4.78 is 2.71. The maximum atomic E-state index is 10.7. The minimum atomic E-state index is -0.899. The van der Waals surface area contributed by atoms with E-state index < -0.39 is 5.97 Å². The lowest BCUT2D eigenvalue weighted by molar-refractivity contribution is -0.133. The molecule has 114 valence electrons.